The fourth-order valence-electron chi connectivity index (χ4n) is 1.42. The third kappa shape index (κ3) is 3.69. The first-order valence-corrected chi connectivity index (χ1v) is 5.30. The van der Waals surface area contributed by atoms with Crippen molar-refractivity contribution in [1.82, 2.24) is 15.1 Å². The molecule has 2 N–H and O–H groups in total. The van der Waals surface area contributed by atoms with Crippen LogP contribution in [0, 0.1) is 0 Å². The minimum Gasteiger partial charge on any atom is -0.481 e. The zero-order valence-corrected chi connectivity index (χ0v) is 10.4. The molecule has 7 heteroatoms. The Balaban J connectivity index is 2.85. The highest BCUT2D eigenvalue weighted by Crippen LogP contribution is 2.09. The Kier molecular flexibility index (Phi) is 3.85. The van der Waals surface area contributed by atoms with Gasteiger partial charge in [0.25, 0.3) is 11.5 Å². The molecule has 1 rings (SSSR count). The van der Waals surface area contributed by atoms with Crippen molar-refractivity contribution in [3.8, 4) is 0 Å². The number of carboxylic acids is 1. The molecule has 98 valence electrons. The monoisotopic (exact) mass is 253 g/mol. The topological polar surface area (TPSA) is 101 Å². The van der Waals surface area contributed by atoms with Crippen LogP contribution in [0.2, 0.25) is 0 Å². The van der Waals surface area contributed by atoms with Gasteiger partial charge >= 0.3 is 5.97 Å². The van der Waals surface area contributed by atoms with Gasteiger partial charge in [0, 0.05) is 18.7 Å². The lowest BCUT2D eigenvalue weighted by Gasteiger charge is -2.23. The van der Waals surface area contributed by atoms with Crippen molar-refractivity contribution >= 4 is 11.9 Å². The van der Waals surface area contributed by atoms with E-state index in [-0.39, 0.29) is 17.7 Å². The predicted molar refractivity (Wildman–Crippen MR) is 63.3 cm³/mol. The number of nitrogens with one attached hydrogen (secondary N) is 1. The summed E-state index contributed by atoms with van der Waals surface area (Å²) in [5.74, 6) is -1.52. The highest BCUT2D eigenvalue weighted by atomic mass is 16.4. The fraction of sp³-hybridized carbons (Fsp3) is 0.455. The predicted octanol–water partition coefficient (Wildman–Crippen LogP) is -0.237. The lowest BCUT2D eigenvalue weighted by Crippen LogP contribution is -2.45. The van der Waals surface area contributed by atoms with E-state index in [1.165, 1.54) is 19.2 Å². The van der Waals surface area contributed by atoms with E-state index in [0.717, 1.165) is 4.68 Å². The second-order valence-electron chi connectivity index (χ2n) is 4.59. The van der Waals surface area contributed by atoms with E-state index in [4.69, 9.17) is 5.11 Å². The molecule has 0 saturated carbocycles. The van der Waals surface area contributed by atoms with Gasteiger partial charge in [0.05, 0.1) is 6.42 Å². The summed E-state index contributed by atoms with van der Waals surface area (Å²) in [5, 5.41) is 15.0. The molecule has 0 bridgehead atoms. The van der Waals surface area contributed by atoms with E-state index in [1.807, 2.05) is 0 Å². The maximum atomic E-state index is 11.8. The van der Waals surface area contributed by atoms with Gasteiger partial charge in [0.2, 0.25) is 0 Å². The second-order valence-corrected chi connectivity index (χ2v) is 4.59. The molecular formula is C11H15N3O4. The van der Waals surface area contributed by atoms with Gasteiger partial charge in [0.15, 0.2) is 0 Å². The number of rotatable bonds is 4. The molecule has 7 nitrogen and oxygen atoms in total. The van der Waals surface area contributed by atoms with Gasteiger partial charge in [-0.05, 0) is 19.9 Å². The normalized spacial score (nSPS) is 11.1. The minimum absolute atomic E-state index is 0.0653. The average Bonchev–Trinajstić information content (AvgIpc) is 2.19. The number of aromatic nitrogens is 2. The van der Waals surface area contributed by atoms with Crippen molar-refractivity contribution in [3.63, 3.8) is 0 Å². The third-order valence-corrected chi connectivity index (χ3v) is 2.24. The summed E-state index contributed by atoms with van der Waals surface area (Å²) in [6.45, 7) is 3.20. The molecule has 0 atom stereocenters. The molecule has 0 aromatic carbocycles. The van der Waals surface area contributed by atoms with Gasteiger partial charge in [-0.3, -0.25) is 14.4 Å². The van der Waals surface area contributed by atoms with Crippen LogP contribution in [0.15, 0.2) is 16.9 Å². The molecule has 1 heterocycles. The Labute approximate surface area is 103 Å². The molecular weight excluding hydrogens is 238 g/mol. The molecule has 0 aliphatic carbocycles. The fourth-order valence-corrected chi connectivity index (χ4v) is 1.42. The Morgan fingerprint density at radius 2 is 2.06 bits per heavy atom. The van der Waals surface area contributed by atoms with Crippen LogP contribution in [-0.2, 0) is 11.8 Å². The molecule has 0 fully saturated rings. The summed E-state index contributed by atoms with van der Waals surface area (Å²) in [6.07, 6.45) is -0.204. The number of amides is 1. The van der Waals surface area contributed by atoms with Crippen molar-refractivity contribution in [2.75, 3.05) is 0 Å². The highest BCUT2D eigenvalue weighted by Gasteiger charge is 2.25. The molecule has 1 aromatic heterocycles. The van der Waals surface area contributed by atoms with Crippen molar-refractivity contribution < 1.29 is 14.7 Å². The molecule has 0 radical (unpaired) electrons. The first-order chi connectivity index (χ1) is 8.21. The lowest BCUT2D eigenvalue weighted by atomic mass is 10.0. The summed E-state index contributed by atoms with van der Waals surface area (Å²) >= 11 is 0. The maximum absolute atomic E-state index is 11.8. The molecule has 0 spiro atoms. The highest BCUT2D eigenvalue weighted by molar-refractivity contribution is 5.92. The molecule has 0 unspecified atom stereocenters. The summed E-state index contributed by atoms with van der Waals surface area (Å²) in [7, 11) is 1.43. The van der Waals surface area contributed by atoms with Crippen molar-refractivity contribution in [3.05, 3.63) is 28.2 Å². The van der Waals surface area contributed by atoms with E-state index in [1.54, 1.807) is 13.8 Å². The van der Waals surface area contributed by atoms with Gasteiger partial charge in [-0.1, -0.05) is 0 Å². The number of aliphatic carboxylic acids is 1. The number of hydrogen-bond donors (Lipinski definition) is 2. The van der Waals surface area contributed by atoms with Crippen LogP contribution in [0.1, 0.15) is 30.8 Å². The van der Waals surface area contributed by atoms with Crippen LogP contribution >= 0.6 is 0 Å². The third-order valence-electron chi connectivity index (χ3n) is 2.24. The number of carbonyl (C=O) groups is 2. The number of hydrogen-bond acceptors (Lipinski definition) is 4. The van der Waals surface area contributed by atoms with Gasteiger partial charge in [-0.2, -0.15) is 5.10 Å². The van der Waals surface area contributed by atoms with Crippen LogP contribution in [-0.4, -0.2) is 32.3 Å². The van der Waals surface area contributed by atoms with Crippen molar-refractivity contribution in [2.24, 2.45) is 7.05 Å². The maximum Gasteiger partial charge on any atom is 0.305 e. The summed E-state index contributed by atoms with van der Waals surface area (Å²) in [4.78, 5) is 33.6. The van der Waals surface area contributed by atoms with Crippen molar-refractivity contribution in [2.45, 2.75) is 25.8 Å². The first-order valence-electron chi connectivity index (χ1n) is 5.30. The number of aryl methyl sites for hydroxylation is 1. The zero-order valence-electron chi connectivity index (χ0n) is 10.4. The SMILES string of the molecule is Cn1nc(C(=O)NC(C)(C)CC(=O)O)ccc1=O. The van der Waals surface area contributed by atoms with Gasteiger partial charge in [-0.15, -0.1) is 0 Å². The van der Waals surface area contributed by atoms with Crippen LogP contribution in [0.4, 0.5) is 0 Å². The zero-order chi connectivity index (χ0) is 13.9. The van der Waals surface area contributed by atoms with Crippen molar-refractivity contribution in [1.29, 1.82) is 0 Å². The Morgan fingerprint density at radius 1 is 1.44 bits per heavy atom. The van der Waals surface area contributed by atoms with E-state index < -0.39 is 17.4 Å². The number of carboxylic acid groups (broad SMARTS) is 1. The average molecular weight is 253 g/mol. The molecule has 1 aromatic rings. The van der Waals surface area contributed by atoms with E-state index in [9.17, 15) is 14.4 Å². The van der Waals surface area contributed by atoms with Crippen LogP contribution in [0.3, 0.4) is 0 Å². The molecule has 18 heavy (non-hydrogen) atoms. The van der Waals surface area contributed by atoms with Gasteiger partial charge in [-0.25, -0.2) is 4.68 Å². The summed E-state index contributed by atoms with van der Waals surface area (Å²) in [6, 6.07) is 2.53. The smallest absolute Gasteiger partial charge is 0.305 e. The quantitative estimate of drug-likeness (QED) is 0.771. The number of carbonyl (C=O) groups excluding carboxylic acids is 1. The van der Waals surface area contributed by atoms with Gasteiger partial charge < -0.3 is 10.4 Å². The molecule has 1 amide bonds. The molecule has 0 aliphatic rings. The van der Waals surface area contributed by atoms with E-state index >= 15 is 0 Å². The Morgan fingerprint density at radius 3 is 2.56 bits per heavy atom. The Hall–Kier alpha value is -2.18. The standard InChI is InChI=1S/C11H15N3O4/c1-11(2,6-9(16)17)12-10(18)7-4-5-8(15)14(3)13-7/h4-5H,6H2,1-3H3,(H,12,18)(H,16,17). The number of nitrogens with zero attached hydrogens (tertiary/aromatic N) is 2. The van der Waals surface area contributed by atoms with E-state index in [0.29, 0.717) is 0 Å². The summed E-state index contributed by atoms with van der Waals surface area (Å²) < 4.78 is 1.04. The Bertz CT molecular complexity index is 533. The first kappa shape index (κ1) is 13.9. The minimum atomic E-state index is -1.01. The molecule has 0 saturated heterocycles. The molecule has 0 aliphatic heterocycles. The lowest BCUT2D eigenvalue weighted by molar-refractivity contribution is -0.138. The van der Waals surface area contributed by atoms with Crippen LogP contribution < -0.4 is 10.9 Å². The van der Waals surface area contributed by atoms with E-state index in [2.05, 4.69) is 10.4 Å². The van der Waals surface area contributed by atoms with Crippen LogP contribution in [0.5, 0.6) is 0 Å². The van der Waals surface area contributed by atoms with Gasteiger partial charge in [0.1, 0.15) is 5.69 Å². The van der Waals surface area contributed by atoms with Crippen LogP contribution in [0.25, 0.3) is 0 Å². The largest absolute Gasteiger partial charge is 0.481 e. The second kappa shape index (κ2) is 4.99. The summed E-state index contributed by atoms with van der Waals surface area (Å²) in [5.41, 5.74) is -1.15.